The Hall–Kier alpha value is -1.31. The van der Waals surface area contributed by atoms with Crippen molar-refractivity contribution in [2.24, 2.45) is 0 Å². The summed E-state index contributed by atoms with van der Waals surface area (Å²) < 4.78 is 25.7. The minimum Gasteiger partial charge on any atom is -0.398 e. The van der Waals surface area contributed by atoms with E-state index >= 15 is 0 Å². The quantitative estimate of drug-likeness (QED) is 0.605. The maximum Gasteiger partial charge on any atom is 0.242 e. The van der Waals surface area contributed by atoms with Crippen LogP contribution in [0, 0.1) is 0 Å². The molecule has 5 N–H and O–H groups in total. The van der Waals surface area contributed by atoms with Crippen molar-refractivity contribution in [2.75, 3.05) is 24.7 Å². The van der Waals surface area contributed by atoms with E-state index in [1.165, 1.54) is 13.1 Å². The van der Waals surface area contributed by atoms with Gasteiger partial charge in [-0.2, -0.15) is 0 Å². The van der Waals surface area contributed by atoms with Crippen LogP contribution in [0.5, 0.6) is 0 Å². The minimum absolute atomic E-state index is 0.0590. The summed E-state index contributed by atoms with van der Waals surface area (Å²) in [6, 6.07) is 4.75. The predicted octanol–water partition coefficient (Wildman–Crippen LogP) is 0.894. The van der Waals surface area contributed by atoms with Crippen molar-refractivity contribution >= 4 is 21.4 Å². The average molecular weight is 299 g/mol. The third kappa shape index (κ3) is 2.89. The van der Waals surface area contributed by atoms with Crippen molar-refractivity contribution in [1.82, 2.24) is 4.72 Å². The van der Waals surface area contributed by atoms with Crippen LogP contribution >= 0.6 is 0 Å². The molecular weight excluding hydrogens is 278 g/mol. The lowest BCUT2D eigenvalue weighted by Crippen LogP contribution is -2.39. The molecular formula is C13H21N3O3S. The molecule has 7 heteroatoms. The number of hydrogen-bond donors (Lipinski definition) is 4. The van der Waals surface area contributed by atoms with Gasteiger partial charge in [0, 0.05) is 5.69 Å². The molecule has 0 aromatic heterocycles. The number of rotatable bonds is 5. The number of nitrogens with one attached hydrogen (secondary N) is 2. The largest absolute Gasteiger partial charge is 0.398 e. The van der Waals surface area contributed by atoms with Crippen LogP contribution in [0.1, 0.15) is 25.7 Å². The van der Waals surface area contributed by atoms with Crippen molar-refractivity contribution in [3.05, 3.63) is 18.2 Å². The van der Waals surface area contributed by atoms with Gasteiger partial charge in [0.15, 0.2) is 0 Å². The van der Waals surface area contributed by atoms with Gasteiger partial charge in [-0.15, -0.1) is 0 Å². The van der Waals surface area contributed by atoms with Gasteiger partial charge in [0.25, 0.3) is 0 Å². The van der Waals surface area contributed by atoms with Gasteiger partial charge in [-0.25, -0.2) is 13.1 Å². The Morgan fingerprint density at radius 2 is 2.00 bits per heavy atom. The summed E-state index contributed by atoms with van der Waals surface area (Å²) in [5.74, 6) is 0. The molecule has 0 atom stereocenters. The second-order valence-corrected chi connectivity index (χ2v) is 7.09. The number of benzene rings is 1. The summed E-state index contributed by atoms with van der Waals surface area (Å²) in [5.41, 5.74) is 6.43. The fourth-order valence-corrected chi connectivity index (χ4v) is 3.50. The first-order valence-corrected chi connectivity index (χ1v) is 8.13. The van der Waals surface area contributed by atoms with Gasteiger partial charge in [0.05, 0.1) is 17.8 Å². The van der Waals surface area contributed by atoms with E-state index in [4.69, 9.17) is 5.73 Å². The summed E-state index contributed by atoms with van der Waals surface area (Å²) >= 11 is 0. The molecule has 1 aliphatic carbocycles. The second-order valence-electron chi connectivity index (χ2n) is 5.23. The van der Waals surface area contributed by atoms with E-state index in [0.717, 1.165) is 31.4 Å². The standard InChI is InChI=1S/C13H21N3O3S/c1-15-20(18,19)12-5-4-10(8-11(12)14)16-13(9-17)6-2-3-7-13/h4-5,8,15-17H,2-3,6-7,9,14H2,1H3. The highest BCUT2D eigenvalue weighted by atomic mass is 32.2. The lowest BCUT2D eigenvalue weighted by molar-refractivity contribution is 0.214. The van der Waals surface area contributed by atoms with Crippen molar-refractivity contribution in [3.63, 3.8) is 0 Å². The SMILES string of the molecule is CNS(=O)(=O)c1ccc(NC2(CO)CCCC2)cc1N. The molecule has 1 saturated carbocycles. The highest BCUT2D eigenvalue weighted by molar-refractivity contribution is 7.89. The number of hydrogen-bond acceptors (Lipinski definition) is 5. The summed E-state index contributed by atoms with van der Waals surface area (Å²) in [7, 11) is -2.20. The number of nitrogen functional groups attached to an aromatic ring is 1. The molecule has 6 nitrogen and oxygen atoms in total. The van der Waals surface area contributed by atoms with Crippen LogP contribution in [0.4, 0.5) is 11.4 Å². The molecule has 1 aromatic rings. The lowest BCUT2D eigenvalue weighted by atomic mass is 9.98. The van der Waals surface area contributed by atoms with E-state index in [0.29, 0.717) is 0 Å². The summed E-state index contributed by atoms with van der Waals surface area (Å²) in [5, 5.41) is 12.9. The molecule has 0 spiro atoms. The molecule has 112 valence electrons. The van der Waals surface area contributed by atoms with Gasteiger partial charge in [0.2, 0.25) is 10.0 Å². The Balaban J connectivity index is 2.26. The van der Waals surface area contributed by atoms with E-state index in [2.05, 4.69) is 10.0 Å². The first-order chi connectivity index (χ1) is 9.42. The Labute approximate surface area is 119 Å². The first-order valence-electron chi connectivity index (χ1n) is 6.65. The highest BCUT2D eigenvalue weighted by Crippen LogP contribution is 2.33. The molecule has 1 aromatic carbocycles. The van der Waals surface area contributed by atoms with E-state index in [1.54, 1.807) is 12.1 Å². The number of aliphatic hydroxyl groups is 1. The van der Waals surface area contributed by atoms with Crippen LogP contribution in [0.25, 0.3) is 0 Å². The van der Waals surface area contributed by atoms with E-state index in [1.807, 2.05) is 0 Å². The van der Waals surface area contributed by atoms with Crippen molar-refractivity contribution in [1.29, 1.82) is 0 Å². The number of nitrogens with two attached hydrogens (primary N) is 1. The molecule has 2 rings (SSSR count). The van der Waals surface area contributed by atoms with Crippen LogP contribution in [0.3, 0.4) is 0 Å². The third-order valence-corrected chi connectivity index (χ3v) is 5.33. The first kappa shape index (κ1) is 15.1. The zero-order valence-corrected chi connectivity index (χ0v) is 12.3. The zero-order valence-electron chi connectivity index (χ0n) is 11.5. The Bertz CT molecular complexity index is 581. The lowest BCUT2D eigenvalue weighted by Gasteiger charge is -2.29. The second kappa shape index (κ2) is 5.59. The van der Waals surface area contributed by atoms with Crippen LogP contribution in [0.2, 0.25) is 0 Å². The molecule has 0 radical (unpaired) electrons. The fraction of sp³-hybridized carbons (Fsp3) is 0.538. The molecule has 1 aliphatic rings. The Morgan fingerprint density at radius 3 is 2.50 bits per heavy atom. The van der Waals surface area contributed by atoms with E-state index in [-0.39, 0.29) is 22.7 Å². The summed E-state index contributed by atoms with van der Waals surface area (Å²) in [6.45, 7) is 0.0590. The zero-order chi connectivity index (χ0) is 14.8. The smallest absolute Gasteiger partial charge is 0.242 e. The van der Waals surface area contributed by atoms with Gasteiger partial charge in [-0.05, 0) is 38.1 Å². The van der Waals surface area contributed by atoms with Gasteiger partial charge < -0.3 is 16.2 Å². The van der Waals surface area contributed by atoms with Gasteiger partial charge >= 0.3 is 0 Å². The molecule has 0 unspecified atom stereocenters. The normalized spacial score (nSPS) is 18.1. The molecule has 0 amide bonds. The molecule has 0 aliphatic heterocycles. The molecule has 0 bridgehead atoms. The van der Waals surface area contributed by atoms with Crippen molar-refractivity contribution < 1.29 is 13.5 Å². The Kier molecular flexibility index (Phi) is 4.22. The fourth-order valence-electron chi connectivity index (χ4n) is 2.66. The monoisotopic (exact) mass is 299 g/mol. The van der Waals surface area contributed by atoms with Gasteiger partial charge in [-0.3, -0.25) is 0 Å². The summed E-state index contributed by atoms with van der Waals surface area (Å²) in [6.07, 6.45) is 3.96. The van der Waals surface area contributed by atoms with Crippen LogP contribution in [0.15, 0.2) is 23.1 Å². The topological polar surface area (TPSA) is 104 Å². The molecule has 1 fully saturated rings. The van der Waals surface area contributed by atoms with E-state index < -0.39 is 10.0 Å². The van der Waals surface area contributed by atoms with Gasteiger partial charge in [-0.1, -0.05) is 12.8 Å². The highest BCUT2D eigenvalue weighted by Gasteiger charge is 2.33. The minimum atomic E-state index is -3.55. The van der Waals surface area contributed by atoms with Crippen molar-refractivity contribution in [3.8, 4) is 0 Å². The number of anilines is 2. The predicted molar refractivity (Wildman–Crippen MR) is 79.0 cm³/mol. The average Bonchev–Trinajstić information content (AvgIpc) is 2.87. The number of sulfonamides is 1. The number of aliphatic hydroxyl groups excluding tert-OH is 1. The molecule has 20 heavy (non-hydrogen) atoms. The van der Waals surface area contributed by atoms with Crippen molar-refractivity contribution in [2.45, 2.75) is 36.1 Å². The van der Waals surface area contributed by atoms with Gasteiger partial charge in [0.1, 0.15) is 4.90 Å². The Morgan fingerprint density at radius 1 is 1.35 bits per heavy atom. The van der Waals surface area contributed by atoms with Crippen LogP contribution < -0.4 is 15.8 Å². The molecule has 0 heterocycles. The third-order valence-electron chi connectivity index (χ3n) is 3.84. The maximum absolute atomic E-state index is 11.7. The van der Waals surface area contributed by atoms with E-state index in [9.17, 15) is 13.5 Å². The van der Waals surface area contributed by atoms with Crippen LogP contribution in [-0.2, 0) is 10.0 Å². The van der Waals surface area contributed by atoms with Crippen LogP contribution in [-0.4, -0.2) is 32.7 Å². The maximum atomic E-state index is 11.7. The molecule has 0 saturated heterocycles. The summed E-state index contributed by atoms with van der Waals surface area (Å²) in [4.78, 5) is 0.0648.